The summed E-state index contributed by atoms with van der Waals surface area (Å²) in [6.07, 6.45) is 4.75. The molecule has 0 radical (unpaired) electrons. The number of nitrogens with zero attached hydrogens (tertiary/aromatic N) is 2. The van der Waals surface area contributed by atoms with Crippen molar-refractivity contribution < 1.29 is 41.0 Å². The Morgan fingerprint density at radius 1 is 1.27 bits per heavy atom. The van der Waals surface area contributed by atoms with Gasteiger partial charge in [0, 0.05) is 37.7 Å². The van der Waals surface area contributed by atoms with E-state index < -0.39 is 5.60 Å². The molecule has 1 amide bonds. The van der Waals surface area contributed by atoms with Crippen molar-refractivity contribution in [1.29, 1.82) is 5.41 Å². The van der Waals surface area contributed by atoms with E-state index in [-0.39, 0.29) is 48.9 Å². The minimum absolute atomic E-state index is 0. The molecule has 0 saturated heterocycles. The molecule has 1 aliphatic heterocycles. The van der Waals surface area contributed by atoms with E-state index in [4.69, 9.17) is 5.41 Å². The van der Waals surface area contributed by atoms with Crippen LogP contribution in [0.3, 0.4) is 0 Å². The van der Waals surface area contributed by atoms with Crippen LogP contribution in [0.25, 0.3) is 11.1 Å². The first-order chi connectivity index (χ1) is 13.8. The molecule has 1 fully saturated rings. The van der Waals surface area contributed by atoms with Gasteiger partial charge in [0.05, 0.1) is 17.2 Å². The standard InChI is InChI=1S/C24H26N3O2.U/c1-4-26-22(25)17-8-5-7-16(13-17)19-10-6-9-18-14-27(23(28)20(18)19)21(15-11-12-15)24(2,3)29;/h5-10,13,15,21,25,29H,11-12,14H2,1-3H3;/q-1;. The maximum absolute atomic E-state index is 13.5. The fraction of sp³-hybridized carbons (Fsp3) is 0.375. The number of hydrogen-bond acceptors (Lipinski definition) is 3. The van der Waals surface area contributed by atoms with Crippen molar-refractivity contribution in [3.05, 3.63) is 59.2 Å². The van der Waals surface area contributed by atoms with E-state index in [2.05, 4.69) is 11.2 Å². The molecule has 0 bridgehead atoms. The van der Waals surface area contributed by atoms with Crippen LogP contribution in [0.1, 0.15) is 55.1 Å². The van der Waals surface area contributed by atoms with Gasteiger partial charge in [0.15, 0.2) is 0 Å². The van der Waals surface area contributed by atoms with Crippen LogP contribution in [0.4, 0.5) is 0 Å². The summed E-state index contributed by atoms with van der Waals surface area (Å²) in [4.78, 5) is 19.3. The van der Waals surface area contributed by atoms with Gasteiger partial charge >= 0.3 is 0 Å². The van der Waals surface area contributed by atoms with E-state index in [1.165, 1.54) is 0 Å². The normalized spacial score (nSPS) is 17.1. The summed E-state index contributed by atoms with van der Waals surface area (Å²) in [5.74, 6) is 0.490. The number of aliphatic imine (C=N–C) groups is 1. The third-order valence-corrected chi connectivity index (χ3v) is 5.76. The molecule has 1 atom stereocenters. The number of aliphatic hydroxyl groups is 1. The molecule has 4 rings (SSSR count). The molecule has 1 saturated carbocycles. The predicted molar refractivity (Wildman–Crippen MR) is 114 cm³/mol. The smallest absolute Gasteiger partial charge is 0.255 e. The Bertz CT molecular complexity index is 1010. The van der Waals surface area contributed by atoms with Crippen molar-refractivity contribution in [1.82, 2.24) is 4.90 Å². The van der Waals surface area contributed by atoms with Crippen LogP contribution in [0.2, 0.25) is 0 Å². The molecule has 2 aromatic rings. The Morgan fingerprint density at radius 2 is 1.97 bits per heavy atom. The Balaban J connectivity index is 0.00000256. The number of amidine groups is 1. The minimum Gasteiger partial charge on any atom is -0.440 e. The molecule has 0 spiro atoms. The molecule has 0 aromatic heterocycles. The summed E-state index contributed by atoms with van der Waals surface area (Å²) >= 11 is 0. The van der Waals surface area contributed by atoms with Crippen LogP contribution in [0, 0.1) is 42.4 Å². The van der Waals surface area contributed by atoms with Crippen molar-refractivity contribution in [2.45, 2.75) is 51.8 Å². The number of fused-ring (bicyclic) bond motifs is 1. The summed E-state index contributed by atoms with van der Waals surface area (Å²) in [5.41, 5.74) is 3.18. The zero-order valence-electron chi connectivity index (χ0n) is 17.6. The van der Waals surface area contributed by atoms with Crippen molar-refractivity contribution in [3.63, 3.8) is 0 Å². The molecule has 1 aliphatic carbocycles. The van der Waals surface area contributed by atoms with Gasteiger partial charge in [-0.3, -0.25) is 4.79 Å². The average molecular weight is 627 g/mol. The van der Waals surface area contributed by atoms with Crippen LogP contribution in [0.15, 0.2) is 47.5 Å². The quantitative estimate of drug-likeness (QED) is 0.298. The Labute approximate surface area is 201 Å². The van der Waals surface area contributed by atoms with Crippen LogP contribution in [0.5, 0.6) is 0 Å². The summed E-state index contributed by atoms with van der Waals surface area (Å²) in [6.45, 7) is 5.79. The second kappa shape index (κ2) is 8.79. The molecule has 2 N–H and O–H groups in total. The molecule has 2 aromatic carbocycles. The summed E-state index contributed by atoms with van der Waals surface area (Å²) in [5, 5.41) is 18.8. The first kappa shape index (κ1) is 22.9. The number of nitrogens with one attached hydrogen (secondary N) is 1. The largest absolute Gasteiger partial charge is 0.440 e. The van der Waals surface area contributed by atoms with Crippen molar-refractivity contribution in [2.75, 3.05) is 0 Å². The first-order valence-electron chi connectivity index (χ1n) is 10.0. The van der Waals surface area contributed by atoms with Gasteiger partial charge in [-0.2, -0.15) is 6.21 Å². The van der Waals surface area contributed by atoms with E-state index >= 15 is 0 Å². The van der Waals surface area contributed by atoms with Crippen molar-refractivity contribution in [2.24, 2.45) is 10.9 Å². The third kappa shape index (κ3) is 4.32. The summed E-state index contributed by atoms with van der Waals surface area (Å²) < 4.78 is 0. The van der Waals surface area contributed by atoms with Gasteiger partial charge in [-0.15, -0.1) is 6.92 Å². The molecule has 6 heteroatoms. The zero-order chi connectivity index (χ0) is 20.8. The monoisotopic (exact) mass is 626 g/mol. The summed E-state index contributed by atoms with van der Waals surface area (Å²) in [7, 11) is 0. The minimum atomic E-state index is -0.942. The van der Waals surface area contributed by atoms with Crippen LogP contribution in [-0.2, 0) is 6.54 Å². The molecule has 30 heavy (non-hydrogen) atoms. The van der Waals surface area contributed by atoms with E-state index in [9.17, 15) is 9.90 Å². The van der Waals surface area contributed by atoms with Crippen LogP contribution < -0.4 is 0 Å². The Morgan fingerprint density at radius 3 is 2.60 bits per heavy atom. The number of carbonyl (C=O) groups is 1. The summed E-state index contributed by atoms with van der Waals surface area (Å²) in [6, 6.07) is 13.3. The topological polar surface area (TPSA) is 76.8 Å². The maximum Gasteiger partial charge on any atom is 0.255 e. The van der Waals surface area contributed by atoms with Crippen LogP contribution >= 0.6 is 0 Å². The average Bonchev–Trinajstić information content (AvgIpc) is 3.45. The first-order valence-corrected chi connectivity index (χ1v) is 10.0. The van der Waals surface area contributed by atoms with Crippen molar-refractivity contribution >= 4 is 18.0 Å². The van der Waals surface area contributed by atoms with Gasteiger partial charge in [-0.25, -0.2) is 0 Å². The number of amides is 1. The van der Waals surface area contributed by atoms with E-state index in [1.54, 1.807) is 20.8 Å². The fourth-order valence-corrected chi connectivity index (χ4v) is 4.48. The van der Waals surface area contributed by atoms with Crippen molar-refractivity contribution in [3.8, 4) is 11.1 Å². The molecule has 2 aliphatic rings. The van der Waals surface area contributed by atoms with Gasteiger partial charge in [0.1, 0.15) is 0 Å². The number of rotatable bonds is 5. The van der Waals surface area contributed by atoms with Gasteiger partial charge in [0.2, 0.25) is 0 Å². The fourth-order valence-electron chi connectivity index (χ4n) is 4.48. The van der Waals surface area contributed by atoms with Gasteiger partial charge in [-0.05, 0) is 55.1 Å². The van der Waals surface area contributed by atoms with E-state index in [0.29, 0.717) is 23.6 Å². The Kier molecular flexibility index (Phi) is 6.72. The number of hydrogen-bond donors (Lipinski definition) is 2. The molecule has 1 heterocycles. The zero-order valence-corrected chi connectivity index (χ0v) is 21.7. The van der Waals surface area contributed by atoms with E-state index in [0.717, 1.165) is 29.5 Å². The van der Waals surface area contributed by atoms with Gasteiger partial charge in [-0.1, -0.05) is 48.0 Å². The SMILES string of the molecule is C[C-]=NC(=N)c1cccc(-c2cccc3c2C(=O)N(C(C2CC2)C(C)(C)O)C3)c1.[U]. The van der Waals surface area contributed by atoms with Gasteiger partial charge < -0.3 is 20.4 Å². The molecular weight excluding hydrogens is 600 g/mol. The Hall–Kier alpha value is -1.74. The second-order valence-corrected chi connectivity index (χ2v) is 8.47. The van der Waals surface area contributed by atoms with Crippen LogP contribution in [-0.4, -0.2) is 39.6 Å². The number of benzene rings is 2. The number of carbonyl (C=O) groups excluding carboxylic acids is 1. The third-order valence-electron chi connectivity index (χ3n) is 5.76. The van der Waals surface area contributed by atoms with Gasteiger partial charge in [0.25, 0.3) is 5.91 Å². The molecule has 154 valence electrons. The predicted octanol–water partition coefficient (Wildman–Crippen LogP) is 4.15. The molecular formula is C24H26N3O2U-. The molecule has 5 nitrogen and oxygen atoms in total. The second-order valence-electron chi connectivity index (χ2n) is 8.47. The molecule has 1 unspecified atom stereocenters. The maximum atomic E-state index is 13.5. The van der Waals surface area contributed by atoms with E-state index in [1.807, 2.05) is 47.4 Å².